The summed E-state index contributed by atoms with van der Waals surface area (Å²) < 4.78 is 11.4. The van der Waals surface area contributed by atoms with E-state index < -0.39 is 0 Å². The van der Waals surface area contributed by atoms with E-state index in [4.69, 9.17) is 9.47 Å². The van der Waals surface area contributed by atoms with Gasteiger partial charge < -0.3 is 9.47 Å². The lowest BCUT2D eigenvalue weighted by Gasteiger charge is -2.43. The highest BCUT2D eigenvalue weighted by Gasteiger charge is 2.55. The van der Waals surface area contributed by atoms with Crippen LogP contribution >= 0.6 is 0 Å². The standard InChI is InChI=1S/C14H22O2/c1-2-14(6-5-11-13(8-14)16-11)9-3-4-10-12(7-9)15-10/h9-13H,2-8H2,1H3. The van der Waals surface area contributed by atoms with Crippen LogP contribution in [0.1, 0.15) is 51.9 Å². The van der Waals surface area contributed by atoms with Crippen molar-refractivity contribution in [3.8, 4) is 0 Å². The molecule has 6 unspecified atom stereocenters. The van der Waals surface area contributed by atoms with Crippen molar-refractivity contribution in [3.05, 3.63) is 0 Å². The van der Waals surface area contributed by atoms with E-state index in [9.17, 15) is 0 Å². The Hall–Kier alpha value is -0.0800. The Morgan fingerprint density at radius 3 is 2.56 bits per heavy atom. The van der Waals surface area contributed by atoms with Crippen LogP contribution in [0, 0.1) is 11.3 Å². The molecule has 2 heteroatoms. The number of rotatable bonds is 2. The van der Waals surface area contributed by atoms with Gasteiger partial charge in [0.1, 0.15) is 0 Å². The molecule has 0 N–H and O–H groups in total. The Morgan fingerprint density at radius 2 is 1.81 bits per heavy atom. The van der Waals surface area contributed by atoms with Crippen LogP contribution in [0.4, 0.5) is 0 Å². The van der Waals surface area contributed by atoms with Gasteiger partial charge in [0.25, 0.3) is 0 Å². The van der Waals surface area contributed by atoms with Crippen molar-refractivity contribution in [1.29, 1.82) is 0 Å². The normalized spacial score (nSPS) is 58.7. The molecule has 2 saturated heterocycles. The Kier molecular flexibility index (Phi) is 2.00. The summed E-state index contributed by atoms with van der Waals surface area (Å²) in [7, 11) is 0. The van der Waals surface area contributed by atoms with E-state index in [0.717, 1.165) is 5.92 Å². The Labute approximate surface area is 97.7 Å². The first-order valence-electron chi connectivity index (χ1n) is 7.12. The maximum absolute atomic E-state index is 5.73. The minimum Gasteiger partial charge on any atom is -0.370 e. The molecule has 6 atom stereocenters. The van der Waals surface area contributed by atoms with Crippen LogP contribution in [0.15, 0.2) is 0 Å². The zero-order valence-electron chi connectivity index (χ0n) is 10.2. The Morgan fingerprint density at radius 1 is 1.00 bits per heavy atom. The van der Waals surface area contributed by atoms with Gasteiger partial charge in [0.15, 0.2) is 0 Å². The van der Waals surface area contributed by atoms with Gasteiger partial charge in [-0.25, -0.2) is 0 Å². The zero-order valence-corrected chi connectivity index (χ0v) is 10.2. The average molecular weight is 222 g/mol. The van der Waals surface area contributed by atoms with Gasteiger partial charge in [-0.1, -0.05) is 13.3 Å². The van der Waals surface area contributed by atoms with E-state index >= 15 is 0 Å². The van der Waals surface area contributed by atoms with Crippen LogP contribution < -0.4 is 0 Å². The molecule has 4 aliphatic rings. The average Bonchev–Trinajstić information content (AvgIpc) is 3.21. The minimum absolute atomic E-state index is 0.606. The number of epoxide rings is 2. The van der Waals surface area contributed by atoms with Gasteiger partial charge in [-0.2, -0.15) is 0 Å². The quantitative estimate of drug-likeness (QED) is 0.671. The minimum atomic E-state index is 0.606. The number of fused-ring (bicyclic) bond motifs is 2. The first-order valence-corrected chi connectivity index (χ1v) is 7.12. The third-order valence-electron chi connectivity index (χ3n) is 5.80. The monoisotopic (exact) mass is 222 g/mol. The molecule has 4 fully saturated rings. The van der Waals surface area contributed by atoms with Crippen molar-refractivity contribution in [2.45, 2.75) is 76.3 Å². The molecule has 2 saturated carbocycles. The molecule has 0 aromatic carbocycles. The fourth-order valence-electron chi connectivity index (χ4n) is 4.49. The van der Waals surface area contributed by atoms with E-state index in [1.807, 2.05) is 0 Å². The fraction of sp³-hybridized carbons (Fsp3) is 1.00. The number of hydrogen-bond donors (Lipinski definition) is 0. The smallest absolute Gasteiger partial charge is 0.0847 e. The SMILES string of the molecule is CCC1(C2CCC3OC3C2)CCC2OC2C1. The highest BCUT2D eigenvalue weighted by Crippen LogP contribution is 2.57. The topological polar surface area (TPSA) is 25.1 Å². The van der Waals surface area contributed by atoms with E-state index in [-0.39, 0.29) is 0 Å². The van der Waals surface area contributed by atoms with Gasteiger partial charge in [0.2, 0.25) is 0 Å². The van der Waals surface area contributed by atoms with E-state index in [1.165, 1.54) is 44.9 Å². The largest absolute Gasteiger partial charge is 0.370 e. The molecule has 0 aromatic rings. The second-order valence-electron chi connectivity index (χ2n) is 6.39. The van der Waals surface area contributed by atoms with E-state index in [0.29, 0.717) is 29.8 Å². The highest BCUT2D eigenvalue weighted by atomic mass is 16.6. The fourth-order valence-corrected chi connectivity index (χ4v) is 4.49. The molecule has 2 aliphatic heterocycles. The second kappa shape index (κ2) is 3.23. The summed E-state index contributed by atoms with van der Waals surface area (Å²) in [5.41, 5.74) is 0.606. The maximum atomic E-state index is 5.73. The van der Waals surface area contributed by atoms with Crippen molar-refractivity contribution < 1.29 is 9.47 Å². The molecule has 0 amide bonds. The molecular formula is C14H22O2. The Bertz CT molecular complexity index is 303. The van der Waals surface area contributed by atoms with Crippen LogP contribution in [0.3, 0.4) is 0 Å². The maximum Gasteiger partial charge on any atom is 0.0847 e. The molecule has 90 valence electrons. The lowest BCUT2D eigenvalue weighted by Crippen LogP contribution is -2.37. The van der Waals surface area contributed by atoms with Crippen LogP contribution in [0.25, 0.3) is 0 Å². The van der Waals surface area contributed by atoms with Gasteiger partial charge in [-0.15, -0.1) is 0 Å². The van der Waals surface area contributed by atoms with Gasteiger partial charge >= 0.3 is 0 Å². The first kappa shape index (κ1) is 9.90. The summed E-state index contributed by atoms with van der Waals surface area (Å²) in [4.78, 5) is 0. The molecule has 0 bridgehead atoms. The highest BCUT2D eigenvalue weighted by molar-refractivity contribution is 5.04. The van der Waals surface area contributed by atoms with Crippen LogP contribution in [-0.2, 0) is 9.47 Å². The molecular weight excluding hydrogens is 200 g/mol. The first-order chi connectivity index (χ1) is 7.81. The lowest BCUT2D eigenvalue weighted by molar-refractivity contribution is 0.0763. The summed E-state index contributed by atoms with van der Waals surface area (Å²) in [6, 6.07) is 0. The van der Waals surface area contributed by atoms with Crippen LogP contribution in [-0.4, -0.2) is 24.4 Å². The van der Waals surface area contributed by atoms with Gasteiger partial charge in [-0.05, 0) is 49.9 Å². The predicted octanol–water partition coefficient (Wildman–Crippen LogP) is 2.90. The Balaban J connectivity index is 1.52. The number of hydrogen-bond acceptors (Lipinski definition) is 2. The van der Waals surface area contributed by atoms with Gasteiger partial charge in [-0.3, -0.25) is 0 Å². The van der Waals surface area contributed by atoms with Gasteiger partial charge in [0, 0.05) is 0 Å². The molecule has 0 aromatic heterocycles. The molecule has 4 rings (SSSR count). The molecule has 16 heavy (non-hydrogen) atoms. The summed E-state index contributed by atoms with van der Waals surface area (Å²) in [5, 5.41) is 0. The van der Waals surface area contributed by atoms with Crippen molar-refractivity contribution in [2.75, 3.05) is 0 Å². The predicted molar refractivity (Wildman–Crippen MR) is 61.2 cm³/mol. The third-order valence-corrected chi connectivity index (χ3v) is 5.80. The van der Waals surface area contributed by atoms with Crippen molar-refractivity contribution >= 4 is 0 Å². The third kappa shape index (κ3) is 1.39. The number of ether oxygens (including phenoxy) is 2. The van der Waals surface area contributed by atoms with Gasteiger partial charge in [0.05, 0.1) is 24.4 Å². The van der Waals surface area contributed by atoms with Crippen molar-refractivity contribution in [1.82, 2.24) is 0 Å². The summed E-state index contributed by atoms with van der Waals surface area (Å²) in [6.45, 7) is 2.39. The van der Waals surface area contributed by atoms with E-state index in [1.54, 1.807) is 0 Å². The summed E-state index contributed by atoms with van der Waals surface area (Å²) in [6.07, 6.45) is 12.1. The molecule has 0 radical (unpaired) electrons. The molecule has 2 heterocycles. The van der Waals surface area contributed by atoms with Crippen LogP contribution in [0.2, 0.25) is 0 Å². The molecule has 0 spiro atoms. The van der Waals surface area contributed by atoms with Crippen molar-refractivity contribution in [3.63, 3.8) is 0 Å². The van der Waals surface area contributed by atoms with Crippen molar-refractivity contribution in [2.24, 2.45) is 11.3 Å². The van der Waals surface area contributed by atoms with Crippen LogP contribution in [0.5, 0.6) is 0 Å². The summed E-state index contributed by atoms with van der Waals surface area (Å²) >= 11 is 0. The molecule has 2 nitrogen and oxygen atoms in total. The summed E-state index contributed by atoms with van der Waals surface area (Å²) in [5.74, 6) is 0.923. The second-order valence-corrected chi connectivity index (χ2v) is 6.39. The van der Waals surface area contributed by atoms with E-state index in [2.05, 4.69) is 6.92 Å². The zero-order chi connectivity index (χ0) is 10.8. The molecule has 2 aliphatic carbocycles. The lowest BCUT2D eigenvalue weighted by atomic mass is 9.60.